The van der Waals surface area contributed by atoms with Crippen molar-refractivity contribution < 1.29 is 43.1 Å². The summed E-state index contributed by atoms with van der Waals surface area (Å²) in [5.41, 5.74) is -0.0393. The zero-order valence-corrected chi connectivity index (χ0v) is 18.5. The molecule has 3 fully saturated rings. The Morgan fingerprint density at radius 3 is 2.53 bits per heavy atom. The normalized spacial score (nSPS) is 33.7. The summed E-state index contributed by atoms with van der Waals surface area (Å²) in [7, 11) is 4.29. The number of carboxylic acids is 1. The molecule has 1 aromatic carbocycles. The molecule has 174 valence electrons. The molecule has 1 aliphatic heterocycles. The molecule has 0 aromatic heterocycles. The van der Waals surface area contributed by atoms with Crippen LogP contribution in [0.5, 0.6) is 5.75 Å². The molecule has 1 saturated heterocycles. The van der Waals surface area contributed by atoms with Gasteiger partial charge in [0.05, 0.1) is 33.4 Å². The van der Waals surface area contributed by atoms with E-state index in [0.29, 0.717) is 50.2 Å². The maximum Gasteiger partial charge on any atom is 0.341 e. The molecule has 1 aromatic rings. The first kappa shape index (κ1) is 21.6. The molecule has 1 heterocycles. The topological polar surface area (TPSA) is 110 Å². The quantitative estimate of drug-likeness (QED) is 0.518. The van der Waals surface area contributed by atoms with Crippen LogP contribution >= 0.6 is 0 Å². The number of fused-ring (bicyclic) bond motifs is 4. The second-order valence-electron chi connectivity index (χ2n) is 9.08. The van der Waals surface area contributed by atoms with Crippen LogP contribution in [0, 0.1) is 5.41 Å². The van der Waals surface area contributed by atoms with E-state index in [1.807, 2.05) is 6.07 Å². The molecule has 3 aliphatic carbocycles. The molecule has 2 spiro atoms. The van der Waals surface area contributed by atoms with Gasteiger partial charge in [-0.25, -0.2) is 4.79 Å². The van der Waals surface area contributed by atoms with E-state index in [4.69, 9.17) is 28.4 Å². The molecule has 9 nitrogen and oxygen atoms in total. The number of carbonyl (C=O) groups is 2. The Morgan fingerprint density at radius 2 is 1.91 bits per heavy atom. The lowest BCUT2D eigenvalue weighted by Crippen LogP contribution is -2.53. The Bertz CT molecular complexity index is 953. The van der Waals surface area contributed by atoms with Crippen molar-refractivity contribution in [3.8, 4) is 5.75 Å². The number of carbonyl (C=O) groups excluding carboxylic acids is 1. The zero-order valence-electron chi connectivity index (χ0n) is 18.5. The first-order chi connectivity index (χ1) is 15.4. The third-order valence-corrected chi connectivity index (χ3v) is 7.94. The standard InChI is InChI=1S/C23H28O9/c1-27-12-32-22-7-6-14-13-4-5-15(28-2)17(20(26)29-3)16(13)18(19(24)25)21(14,10-22)11-23(22)30-8-9-31-23/h4-5,14,18H,6-12H2,1-3H3,(H,24,25)/t14-,18-,21+,22-/m0/s1. The summed E-state index contributed by atoms with van der Waals surface area (Å²) >= 11 is 0. The van der Waals surface area contributed by atoms with Crippen molar-refractivity contribution in [2.75, 3.05) is 41.3 Å². The van der Waals surface area contributed by atoms with E-state index in [0.717, 1.165) is 5.56 Å². The predicted molar refractivity (Wildman–Crippen MR) is 109 cm³/mol. The maximum absolute atomic E-state index is 12.8. The van der Waals surface area contributed by atoms with Crippen LogP contribution in [0.2, 0.25) is 0 Å². The van der Waals surface area contributed by atoms with Gasteiger partial charge in [0, 0.05) is 18.9 Å². The second kappa shape index (κ2) is 7.41. The van der Waals surface area contributed by atoms with Crippen LogP contribution in [0.25, 0.3) is 0 Å². The van der Waals surface area contributed by atoms with Crippen LogP contribution in [0.3, 0.4) is 0 Å². The highest BCUT2D eigenvalue weighted by Gasteiger charge is 2.76. The maximum atomic E-state index is 12.8. The summed E-state index contributed by atoms with van der Waals surface area (Å²) < 4.78 is 34.3. The average molecular weight is 448 g/mol. The minimum Gasteiger partial charge on any atom is -0.496 e. The fourth-order valence-corrected chi connectivity index (χ4v) is 6.98. The van der Waals surface area contributed by atoms with E-state index >= 15 is 0 Å². The summed E-state index contributed by atoms with van der Waals surface area (Å²) in [5.74, 6) is -3.37. The molecule has 32 heavy (non-hydrogen) atoms. The number of aliphatic carboxylic acids is 1. The lowest BCUT2D eigenvalue weighted by molar-refractivity contribution is -0.289. The van der Waals surface area contributed by atoms with E-state index in [1.165, 1.54) is 14.2 Å². The summed E-state index contributed by atoms with van der Waals surface area (Å²) in [6.07, 6.45) is 2.11. The van der Waals surface area contributed by atoms with E-state index in [2.05, 4.69) is 0 Å². The predicted octanol–water partition coefficient (Wildman–Crippen LogP) is 2.42. The van der Waals surface area contributed by atoms with E-state index in [1.54, 1.807) is 13.2 Å². The molecular formula is C23H28O9. The Kier molecular flexibility index (Phi) is 5.01. The van der Waals surface area contributed by atoms with Gasteiger partial charge in [-0.05, 0) is 42.4 Å². The van der Waals surface area contributed by atoms with E-state index in [-0.39, 0.29) is 18.3 Å². The van der Waals surface area contributed by atoms with Gasteiger partial charge in [-0.3, -0.25) is 4.79 Å². The molecule has 2 bridgehead atoms. The molecule has 0 radical (unpaired) electrons. The fraction of sp³-hybridized carbons (Fsp3) is 0.652. The number of carboxylic acid groups (broad SMARTS) is 1. The van der Waals surface area contributed by atoms with Crippen molar-refractivity contribution in [2.45, 2.75) is 48.9 Å². The largest absolute Gasteiger partial charge is 0.496 e. The number of rotatable bonds is 6. The van der Waals surface area contributed by atoms with Crippen molar-refractivity contribution in [1.29, 1.82) is 0 Å². The average Bonchev–Trinajstić information content (AvgIpc) is 3.42. The third kappa shape index (κ3) is 2.59. The van der Waals surface area contributed by atoms with Gasteiger partial charge in [-0.1, -0.05) is 6.07 Å². The summed E-state index contributed by atoms with van der Waals surface area (Å²) in [5, 5.41) is 10.5. The van der Waals surface area contributed by atoms with Crippen molar-refractivity contribution >= 4 is 11.9 Å². The van der Waals surface area contributed by atoms with Crippen LogP contribution in [-0.4, -0.2) is 69.8 Å². The van der Waals surface area contributed by atoms with Crippen LogP contribution < -0.4 is 4.74 Å². The van der Waals surface area contributed by atoms with Crippen LogP contribution in [0.4, 0.5) is 0 Å². The van der Waals surface area contributed by atoms with E-state index in [9.17, 15) is 14.7 Å². The van der Waals surface area contributed by atoms with Gasteiger partial charge in [0.25, 0.3) is 0 Å². The minimum absolute atomic E-state index is 0.0567. The van der Waals surface area contributed by atoms with Gasteiger partial charge >= 0.3 is 11.9 Å². The molecule has 9 heteroatoms. The number of ether oxygens (including phenoxy) is 6. The van der Waals surface area contributed by atoms with Crippen molar-refractivity contribution in [3.05, 3.63) is 28.8 Å². The molecule has 4 atom stereocenters. The highest BCUT2D eigenvalue weighted by Crippen LogP contribution is 2.74. The number of benzene rings is 1. The Balaban J connectivity index is 1.71. The Hall–Kier alpha value is -2.20. The van der Waals surface area contributed by atoms with Gasteiger partial charge in [0.1, 0.15) is 23.7 Å². The van der Waals surface area contributed by atoms with Crippen LogP contribution in [0.15, 0.2) is 12.1 Å². The minimum atomic E-state index is -1.04. The lowest BCUT2D eigenvalue weighted by Gasteiger charge is -2.44. The summed E-state index contributed by atoms with van der Waals surface area (Å²) in [4.78, 5) is 25.6. The highest BCUT2D eigenvalue weighted by molar-refractivity contribution is 5.98. The molecule has 0 unspecified atom stereocenters. The summed E-state index contributed by atoms with van der Waals surface area (Å²) in [6.45, 7) is 0.899. The fourth-order valence-electron chi connectivity index (χ4n) is 6.98. The SMILES string of the molecule is COCO[C@]12CC[C@H]3c4ccc(OC)c(C(=O)OC)c4[C@@H](C(=O)O)[C@@]3(CC13OCCO3)C2. The van der Waals surface area contributed by atoms with Crippen LogP contribution in [0.1, 0.15) is 59.0 Å². The van der Waals surface area contributed by atoms with E-state index < -0.39 is 34.7 Å². The first-order valence-corrected chi connectivity index (χ1v) is 10.8. The van der Waals surface area contributed by atoms with Gasteiger partial charge in [-0.15, -0.1) is 0 Å². The summed E-state index contributed by atoms with van der Waals surface area (Å²) in [6, 6.07) is 3.61. The van der Waals surface area contributed by atoms with Gasteiger partial charge in [0.2, 0.25) is 0 Å². The van der Waals surface area contributed by atoms with Crippen LogP contribution in [-0.2, 0) is 28.5 Å². The molecule has 1 N–H and O–H groups in total. The van der Waals surface area contributed by atoms with Crippen molar-refractivity contribution in [1.82, 2.24) is 0 Å². The van der Waals surface area contributed by atoms with Gasteiger partial charge in [0.15, 0.2) is 5.79 Å². The monoisotopic (exact) mass is 448 g/mol. The van der Waals surface area contributed by atoms with Gasteiger partial charge < -0.3 is 33.5 Å². The first-order valence-electron chi connectivity index (χ1n) is 10.8. The van der Waals surface area contributed by atoms with Crippen molar-refractivity contribution in [3.63, 3.8) is 0 Å². The van der Waals surface area contributed by atoms with Crippen molar-refractivity contribution in [2.24, 2.45) is 5.41 Å². The molecule has 4 aliphatic rings. The smallest absolute Gasteiger partial charge is 0.341 e. The highest BCUT2D eigenvalue weighted by atomic mass is 16.8. The third-order valence-electron chi connectivity index (χ3n) is 7.94. The Morgan fingerprint density at radius 1 is 1.16 bits per heavy atom. The molecule has 0 amide bonds. The second-order valence-corrected chi connectivity index (χ2v) is 9.08. The molecule has 5 rings (SSSR count). The molecular weight excluding hydrogens is 420 g/mol. The number of hydrogen-bond acceptors (Lipinski definition) is 8. The number of hydrogen-bond donors (Lipinski definition) is 1. The number of esters is 1. The van der Waals surface area contributed by atoms with Gasteiger partial charge in [-0.2, -0.15) is 0 Å². The Labute approximate surface area is 185 Å². The number of methoxy groups -OCH3 is 3. The zero-order chi connectivity index (χ0) is 22.7. The lowest BCUT2D eigenvalue weighted by atomic mass is 9.63. The molecule has 2 saturated carbocycles.